The molecule has 1 aromatic rings. The zero-order valence-electron chi connectivity index (χ0n) is 9.01. The highest BCUT2D eigenvalue weighted by Gasteiger charge is 2.20. The van der Waals surface area contributed by atoms with Crippen LogP contribution in [0.5, 0.6) is 5.75 Å². The molecule has 0 saturated carbocycles. The van der Waals surface area contributed by atoms with Crippen molar-refractivity contribution in [2.45, 2.75) is 12.4 Å². The molecule has 0 aromatic carbocycles. The van der Waals surface area contributed by atoms with E-state index >= 15 is 0 Å². The number of methoxy groups -OCH3 is 3. The van der Waals surface area contributed by atoms with Crippen LogP contribution in [0.3, 0.4) is 0 Å². The zero-order valence-corrected chi connectivity index (χ0v) is 9.01. The molecule has 84 valence electrons. The smallest absolute Gasteiger partial charge is 0.187 e. The molecule has 0 aliphatic carbocycles. The number of pyridine rings is 1. The van der Waals surface area contributed by atoms with Gasteiger partial charge in [0.15, 0.2) is 6.29 Å². The van der Waals surface area contributed by atoms with E-state index < -0.39 is 12.4 Å². The van der Waals surface area contributed by atoms with Crippen LogP contribution in [-0.2, 0) is 9.47 Å². The highest BCUT2D eigenvalue weighted by molar-refractivity contribution is 5.25. The van der Waals surface area contributed by atoms with E-state index in [1.807, 2.05) is 0 Å². The highest BCUT2D eigenvalue weighted by Crippen LogP contribution is 2.21. The molecule has 0 fully saturated rings. The Hall–Kier alpha value is -1.17. The van der Waals surface area contributed by atoms with E-state index in [-0.39, 0.29) is 0 Å². The molecule has 1 N–H and O–H groups in total. The van der Waals surface area contributed by atoms with Crippen molar-refractivity contribution in [2.75, 3.05) is 21.3 Å². The van der Waals surface area contributed by atoms with Gasteiger partial charge in [0.1, 0.15) is 11.9 Å². The van der Waals surface area contributed by atoms with Crippen LogP contribution < -0.4 is 4.74 Å². The first kappa shape index (κ1) is 11.9. The summed E-state index contributed by atoms with van der Waals surface area (Å²) in [6.07, 6.45) is 1.50. The summed E-state index contributed by atoms with van der Waals surface area (Å²) >= 11 is 0. The molecule has 1 unspecified atom stereocenters. The summed E-state index contributed by atoms with van der Waals surface area (Å²) in [7, 11) is 4.47. The molecule has 5 heteroatoms. The van der Waals surface area contributed by atoms with E-state index in [0.29, 0.717) is 11.3 Å². The third-order valence-electron chi connectivity index (χ3n) is 2.03. The molecule has 1 aromatic heterocycles. The lowest BCUT2D eigenvalue weighted by molar-refractivity contribution is -0.166. The van der Waals surface area contributed by atoms with E-state index in [9.17, 15) is 5.11 Å². The van der Waals surface area contributed by atoms with Crippen molar-refractivity contribution < 1.29 is 19.3 Å². The van der Waals surface area contributed by atoms with Crippen LogP contribution >= 0.6 is 0 Å². The number of hydrogen-bond acceptors (Lipinski definition) is 5. The number of aliphatic hydroxyl groups excluding tert-OH is 1. The molecule has 5 nitrogen and oxygen atoms in total. The van der Waals surface area contributed by atoms with Gasteiger partial charge in [0.25, 0.3) is 0 Å². The second-order valence-electron chi connectivity index (χ2n) is 2.94. The van der Waals surface area contributed by atoms with Gasteiger partial charge >= 0.3 is 0 Å². The molecule has 0 aliphatic heterocycles. The lowest BCUT2D eigenvalue weighted by atomic mass is 10.1. The minimum Gasteiger partial charge on any atom is -0.495 e. The Morgan fingerprint density at radius 3 is 2.40 bits per heavy atom. The quantitative estimate of drug-likeness (QED) is 0.731. The monoisotopic (exact) mass is 213 g/mol. The molecule has 1 heterocycles. The maximum Gasteiger partial charge on any atom is 0.187 e. The summed E-state index contributed by atoms with van der Waals surface area (Å²) in [6, 6.07) is 1.68. The predicted octanol–water partition coefficient (Wildman–Crippen LogP) is 0.742. The van der Waals surface area contributed by atoms with Crippen LogP contribution in [0.15, 0.2) is 18.5 Å². The van der Waals surface area contributed by atoms with Gasteiger partial charge in [-0.1, -0.05) is 0 Å². The van der Waals surface area contributed by atoms with Crippen molar-refractivity contribution in [3.63, 3.8) is 0 Å². The Balaban J connectivity index is 2.84. The van der Waals surface area contributed by atoms with E-state index in [0.717, 1.165) is 0 Å². The van der Waals surface area contributed by atoms with E-state index in [1.165, 1.54) is 27.5 Å². The Morgan fingerprint density at radius 2 is 1.87 bits per heavy atom. The first-order valence-corrected chi connectivity index (χ1v) is 4.45. The standard InChI is InChI=1S/C10H15NO4/c1-13-8-4-7(5-11-6-8)9(12)10(14-2)15-3/h4-6,9-10,12H,1-3H3. The minimum absolute atomic E-state index is 0.581. The lowest BCUT2D eigenvalue weighted by Gasteiger charge is -2.20. The normalized spacial score (nSPS) is 12.9. The first-order chi connectivity index (χ1) is 7.22. The Morgan fingerprint density at radius 1 is 1.20 bits per heavy atom. The summed E-state index contributed by atoms with van der Waals surface area (Å²) in [6.45, 7) is 0. The van der Waals surface area contributed by atoms with Gasteiger partial charge in [-0.25, -0.2) is 0 Å². The average molecular weight is 213 g/mol. The van der Waals surface area contributed by atoms with Crippen LogP contribution in [-0.4, -0.2) is 37.7 Å². The van der Waals surface area contributed by atoms with Crippen molar-refractivity contribution in [3.8, 4) is 5.75 Å². The summed E-state index contributed by atoms with van der Waals surface area (Å²) in [5.41, 5.74) is 0.586. The van der Waals surface area contributed by atoms with Gasteiger partial charge < -0.3 is 19.3 Å². The molecule has 0 amide bonds. The fourth-order valence-electron chi connectivity index (χ4n) is 1.22. The molecular formula is C10H15NO4. The molecule has 0 spiro atoms. The number of nitrogens with zero attached hydrogens (tertiary/aromatic N) is 1. The minimum atomic E-state index is -0.886. The Labute approximate surface area is 88.6 Å². The second-order valence-corrected chi connectivity index (χ2v) is 2.94. The number of rotatable bonds is 5. The SMILES string of the molecule is COc1cncc(C(O)C(OC)OC)c1. The molecule has 1 rings (SSSR count). The van der Waals surface area contributed by atoms with Crippen molar-refractivity contribution in [2.24, 2.45) is 0 Å². The second kappa shape index (κ2) is 5.65. The van der Waals surface area contributed by atoms with Crippen LogP contribution in [0.4, 0.5) is 0 Å². The van der Waals surface area contributed by atoms with Crippen LogP contribution in [0.2, 0.25) is 0 Å². The molecule has 0 radical (unpaired) electrons. The lowest BCUT2D eigenvalue weighted by Crippen LogP contribution is -2.22. The molecule has 15 heavy (non-hydrogen) atoms. The number of hydrogen-bond donors (Lipinski definition) is 1. The molecule has 0 saturated heterocycles. The van der Waals surface area contributed by atoms with Gasteiger partial charge in [0, 0.05) is 26.0 Å². The van der Waals surface area contributed by atoms with Gasteiger partial charge in [0.05, 0.1) is 13.3 Å². The molecule has 0 bridgehead atoms. The Kier molecular flexibility index (Phi) is 4.48. The number of ether oxygens (including phenoxy) is 3. The maximum atomic E-state index is 9.85. The summed E-state index contributed by atoms with van der Waals surface area (Å²) in [5.74, 6) is 0.581. The molecular weight excluding hydrogens is 198 g/mol. The molecule has 1 atom stereocenters. The maximum absolute atomic E-state index is 9.85. The van der Waals surface area contributed by atoms with Gasteiger partial charge in [-0.3, -0.25) is 4.98 Å². The van der Waals surface area contributed by atoms with Crippen molar-refractivity contribution >= 4 is 0 Å². The predicted molar refractivity (Wildman–Crippen MR) is 53.6 cm³/mol. The van der Waals surface area contributed by atoms with Crippen LogP contribution in [0.25, 0.3) is 0 Å². The zero-order chi connectivity index (χ0) is 11.3. The third-order valence-corrected chi connectivity index (χ3v) is 2.03. The van der Waals surface area contributed by atoms with Gasteiger partial charge in [-0.15, -0.1) is 0 Å². The first-order valence-electron chi connectivity index (χ1n) is 4.45. The van der Waals surface area contributed by atoms with Gasteiger partial charge in [-0.2, -0.15) is 0 Å². The summed E-state index contributed by atoms with van der Waals surface area (Å²) in [4.78, 5) is 3.93. The fraction of sp³-hybridized carbons (Fsp3) is 0.500. The van der Waals surface area contributed by atoms with E-state index in [4.69, 9.17) is 14.2 Å². The van der Waals surface area contributed by atoms with Crippen molar-refractivity contribution in [3.05, 3.63) is 24.0 Å². The van der Waals surface area contributed by atoms with Gasteiger partial charge in [0.2, 0.25) is 0 Å². The van der Waals surface area contributed by atoms with Crippen LogP contribution in [0, 0.1) is 0 Å². The topological polar surface area (TPSA) is 60.8 Å². The van der Waals surface area contributed by atoms with Crippen LogP contribution in [0.1, 0.15) is 11.7 Å². The van der Waals surface area contributed by atoms with E-state index in [2.05, 4.69) is 4.98 Å². The van der Waals surface area contributed by atoms with E-state index in [1.54, 1.807) is 12.3 Å². The van der Waals surface area contributed by atoms with Crippen molar-refractivity contribution in [1.82, 2.24) is 4.98 Å². The largest absolute Gasteiger partial charge is 0.495 e. The number of aromatic nitrogens is 1. The van der Waals surface area contributed by atoms with Crippen molar-refractivity contribution in [1.29, 1.82) is 0 Å². The fourth-order valence-corrected chi connectivity index (χ4v) is 1.22. The van der Waals surface area contributed by atoms with Gasteiger partial charge in [-0.05, 0) is 6.07 Å². The average Bonchev–Trinajstić information content (AvgIpc) is 2.30. The summed E-state index contributed by atoms with van der Waals surface area (Å²) < 4.78 is 14.9. The summed E-state index contributed by atoms with van der Waals surface area (Å²) in [5, 5.41) is 9.85. The molecule has 0 aliphatic rings. The highest BCUT2D eigenvalue weighted by atomic mass is 16.7. The number of aliphatic hydroxyl groups is 1. The Bertz CT molecular complexity index is 301. The third kappa shape index (κ3) is 2.89.